The van der Waals surface area contributed by atoms with Crippen molar-refractivity contribution in [2.24, 2.45) is 4.99 Å². The summed E-state index contributed by atoms with van der Waals surface area (Å²) in [6.45, 7) is 0.130. The van der Waals surface area contributed by atoms with Crippen molar-refractivity contribution in [1.29, 1.82) is 0 Å². The topological polar surface area (TPSA) is 66.4 Å². The highest BCUT2D eigenvalue weighted by Crippen LogP contribution is 2.05. The van der Waals surface area contributed by atoms with Crippen LogP contribution in [0.25, 0.3) is 0 Å². The van der Waals surface area contributed by atoms with Gasteiger partial charge in [0.2, 0.25) is 0 Å². The standard InChI is InChI=1S/C8H7ClN4O/c9-6-2-1-5(3-10-6)8-11-4-7(14)12-13-8/h1-3H,4H2,(H,11,13)(H,12,14). The first kappa shape index (κ1) is 8.96. The van der Waals surface area contributed by atoms with Gasteiger partial charge in [0.05, 0.1) is 0 Å². The first-order valence-corrected chi connectivity index (χ1v) is 4.35. The Morgan fingerprint density at radius 2 is 2.21 bits per heavy atom. The second-order valence-electron chi connectivity index (χ2n) is 2.71. The van der Waals surface area contributed by atoms with Crippen LogP contribution in [0.4, 0.5) is 0 Å². The summed E-state index contributed by atoms with van der Waals surface area (Å²) in [6.07, 6.45) is 1.59. The van der Waals surface area contributed by atoms with E-state index in [9.17, 15) is 4.79 Å². The van der Waals surface area contributed by atoms with Gasteiger partial charge in [-0.25, -0.2) is 4.98 Å². The fourth-order valence-electron chi connectivity index (χ4n) is 1.04. The number of aliphatic imine (C=N–C) groups is 1. The predicted molar refractivity (Wildman–Crippen MR) is 51.9 cm³/mol. The quantitative estimate of drug-likeness (QED) is 0.647. The van der Waals surface area contributed by atoms with Crippen molar-refractivity contribution in [2.75, 3.05) is 6.54 Å². The van der Waals surface area contributed by atoms with E-state index in [-0.39, 0.29) is 12.5 Å². The Kier molecular flexibility index (Phi) is 2.32. The SMILES string of the molecule is O=C1CN=C(c2ccc(Cl)nc2)NN1. The maximum absolute atomic E-state index is 10.8. The average Bonchev–Trinajstić information content (AvgIpc) is 2.21. The Hall–Kier alpha value is -1.62. The molecule has 0 unspecified atom stereocenters. The second kappa shape index (κ2) is 3.63. The van der Waals surface area contributed by atoms with E-state index in [1.165, 1.54) is 0 Å². The number of rotatable bonds is 1. The number of carbonyl (C=O) groups is 1. The van der Waals surface area contributed by atoms with Crippen LogP contribution in [0, 0.1) is 0 Å². The molecule has 0 saturated carbocycles. The van der Waals surface area contributed by atoms with Crippen LogP contribution < -0.4 is 10.9 Å². The van der Waals surface area contributed by atoms with Gasteiger partial charge < -0.3 is 0 Å². The zero-order valence-corrected chi connectivity index (χ0v) is 7.88. The number of nitrogens with one attached hydrogen (secondary N) is 2. The first-order chi connectivity index (χ1) is 6.75. The number of hydrazine groups is 1. The fraction of sp³-hybridized carbons (Fsp3) is 0.125. The Balaban J connectivity index is 2.23. The molecule has 2 N–H and O–H groups in total. The molecule has 0 radical (unpaired) electrons. The molecule has 1 aliphatic heterocycles. The van der Waals surface area contributed by atoms with E-state index in [0.717, 1.165) is 5.56 Å². The molecular formula is C8H7ClN4O. The van der Waals surface area contributed by atoms with Crippen LogP contribution in [-0.2, 0) is 4.79 Å². The number of amides is 1. The van der Waals surface area contributed by atoms with Crippen LogP contribution in [0.15, 0.2) is 23.3 Å². The normalized spacial score (nSPS) is 15.5. The minimum absolute atomic E-state index is 0.130. The highest BCUT2D eigenvalue weighted by atomic mass is 35.5. The lowest BCUT2D eigenvalue weighted by Gasteiger charge is -2.14. The van der Waals surface area contributed by atoms with E-state index in [4.69, 9.17) is 11.6 Å². The predicted octanol–water partition coefficient (Wildman–Crippen LogP) is 0.116. The molecular weight excluding hydrogens is 204 g/mol. The van der Waals surface area contributed by atoms with E-state index in [1.54, 1.807) is 18.3 Å². The summed E-state index contributed by atoms with van der Waals surface area (Å²) in [7, 11) is 0. The van der Waals surface area contributed by atoms with Gasteiger partial charge in [-0.3, -0.25) is 20.6 Å². The molecule has 0 fully saturated rings. The number of aromatic nitrogens is 1. The molecule has 0 saturated heterocycles. The Morgan fingerprint density at radius 3 is 2.79 bits per heavy atom. The summed E-state index contributed by atoms with van der Waals surface area (Å²) in [6, 6.07) is 3.44. The van der Waals surface area contributed by atoms with Gasteiger partial charge in [-0.2, -0.15) is 0 Å². The Morgan fingerprint density at radius 1 is 1.36 bits per heavy atom. The van der Waals surface area contributed by atoms with Gasteiger partial charge in [0.1, 0.15) is 17.5 Å². The lowest BCUT2D eigenvalue weighted by atomic mass is 10.2. The van der Waals surface area contributed by atoms with Crippen molar-refractivity contribution >= 4 is 23.3 Å². The summed E-state index contributed by atoms with van der Waals surface area (Å²) >= 11 is 5.63. The number of halogens is 1. The molecule has 1 amide bonds. The summed E-state index contributed by atoms with van der Waals surface area (Å²) in [5, 5.41) is 0.425. The molecule has 0 aromatic carbocycles. The van der Waals surface area contributed by atoms with Gasteiger partial charge in [-0.15, -0.1) is 0 Å². The molecule has 0 atom stereocenters. The Bertz CT molecular complexity index is 387. The van der Waals surface area contributed by atoms with Crippen LogP contribution in [-0.4, -0.2) is 23.3 Å². The van der Waals surface area contributed by atoms with Crippen molar-refractivity contribution in [3.8, 4) is 0 Å². The van der Waals surface area contributed by atoms with Gasteiger partial charge in [0, 0.05) is 11.8 Å². The molecule has 1 aliphatic rings. The smallest absolute Gasteiger partial charge is 0.260 e. The summed E-state index contributed by atoms with van der Waals surface area (Å²) in [5.74, 6) is 0.435. The van der Waals surface area contributed by atoms with Crippen LogP contribution in [0.2, 0.25) is 5.15 Å². The first-order valence-electron chi connectivity index (χ1n) is 3.97. The van der Waals surface area contributed by atoms with E-state index in [0.29, 0.717) is 11.0 Å². The van der Waals surface area contributed by atoms with Crippen molar-refractivity contribution in [1.82, 2.24) is 15.8 Å². The number of nitrogens with zero attached hydrogens (tertiary/aromatic N) is 2. The molecule has 14 heavy (non-hydrogen) atoms. The molecule has 0 aliphatic carbocycles. The van der Waals surface area contributed by atoms with Crippen molar-refractivity contribution in [3.05, 3.63) is 29.0 Å². The Labute approximate surface area is 85.2 Å². The van der Waals surface area contributed by atoms with Gasteiger partial charge in [0.15, 0.2) is 0 Å². The lowest BCUT2D eigenvalue weighted by Crippen LogP contribution is -2.47. The van der Waals surface area contributed by atoms with Crippen molar-refractivity contribution < 1.29 is 4.79 Å². The number of hydrogen-bond donors (Lipinski definition) is 2. The van der Waals surface area contributed by atoms with Gasteiger partial charge in [-0.1, -0.05) is 11.6 Å². The largest absolute Gasteiger partial charge is 0.282 e. The highest BCUT2D eigenvalue weighted by molar-refractivity contribution is 6.29. The summed E-state index contributed by atoms with van der Waals surface area (Å²) in [5.41, 5.74) is 5.92. The van der Waals surface area contributed by atoms with Gasteiger partial charge in [-0.05, 0) is 12.1 Å². The van der Waals surface area contributed by atoms with E-state index in [1.807, 2.05) is 0 Å². The van der Waals surface area contributed by atoms with Crippen molar-refractivity contribution in [3.63, 3.8) is 0 Å². The average molecular weight is 211 g/mol. The monoisotopic (exact) mass is 210 g/mol. The zero-order chi connectivity index (χ0) is 9.97. The minimum Gasteiger partial charge on any atom is -0.282 e. The van der Waals surface area contributed by atoms with E-state index < -0.39 is 0 Å². The van der Waals surface area contributed by atoms with E-state index in [2.05, 4.69) is 20.8 Å². The third-order valence-corrected chi connectivity index (χ3v) is 1.93. The van der Waals surface area contributed by atoms with Crippen LogP contribution in [0.5, 0.6) is 0 Å². The van der Waals surface area contributed by atoms with Crippen LogP contribution >= 0.6 is 11.6 Å². The number of amidine groups is 1. The van der Waals surface area contributed by atoms with Crippen LogP contribution in [0.1, 0.15) is 5.56 Å². The lowest BCUT2D eigenvalue weighted by molar-refractivity contribution is -0.120. The van der Waals surface area contributed by atoms with Gasteiger partial charge in [0.25, 0.3) is 5.91 Å². The molecule has 2 rings (SSSR count). The van der Waals surface area contributed by atoms with Gasteiger partial charge >= 0.3 is 0 Å². The molecule has 1 aromatic heterocycles. The maximum atomic E-state index is 10.8. The molecule has 1 aromatic rings. The second-order valence-corrected chi connectivity index (χ2v) is 3.09. The fourth-order valence-corrected chi connectivity index (χ4v) is 1.15. The molecule has 5 nitrogen and oxygen atoms in total. The third-order valence-electron chi connectivity index (χ3n) is 1.70. The summed E-state index contributed by atoms with van der Waals surface area (Å²) < 4.78 is 0. The highest BCUT2D eigenvalue weighted by Gasteiger charge is 2.11. The molecule has 2 heterocycles. The molecule has 0 bridgehead atoms. The zero-order valence-electron chi connectivity index (χ0n) is 7.12. The molecule has 72 valence electrons. The number of pyridine rings is 1. The third kappa shape index (κ3) is 1.82. The van der Waals surface area contributed by atoms with Crippen LogP contribution in [0.3, 0.4) is 0 Å². The number of hydrogen-bond acceptors (Lipinski definition) is 4. The van der Waals surface area contributed by atoms with E-state index >= 15 is 0 Å². The molecule has 6 heteroatoms. The molecule has 0 spiro atoms. The maximum Gasteiger partial charge on any atom is 0.260 e. The number of carbonyl (C=O) groups excluding carboxylic acids is 1. The van der Waals surface area contributed by atoms with Crippen molar-refractivity contribution in [2.45, 2.75) is 0 Å². The summed E-state index contributed by atoms with van der Waals surface area (Å²) in [4.78, 5) is 18.7. The minimum atomic E-state index is -0.157.